The number of benzene rings is 2. The van der Waals surface area contributed by atoms with Gasteiger partial charge in [-0.3, -0.25) is 9.98 Å². The molecule has 4 N–H and O–H groups in total. The van der Waals surface area contributed by atoms with E-state index in [1.54, 1.807) is 19.2 Å². The molecule has 2 fully saturated rings. The predicted molar refractivity (Wildman–Crippen MR) is 196 cm³/mol. The van der Waals surface area contributed by atoms with Gasteiger partial charge in [0.1, 0.15) is 6.10 Å². The van der Waals surface area contributed by atoms with E-state index in [4.69, 9.17) is 14.2 Å². The lowest BCUT2D eigenvalue weighted by atomic mass is 10.0. The minimum Gasteiger partial charge on any atom is -0.494 e. The Morgan fingerprint density at radius 3 is 2.65 bits per heavy atom. The Hall–Kier alpha value is -4.34. The summed E-state index contributed by atoms with van der Waals surface area (Å²) in [6.07, 6.45) is 0.390. The summed E-state index contributed by atoms with van der Waals surface area (Å²) >= 11 is 0. The van der Waals surface area contributed by atoms with Crippen LogP contribution in [0.2, 0.25) is 0 Å². The maximum atomic E-state index is 14.4. The van der Waals surface area contributed by atoms with Crippen molar-refractivity contribution >= 4 is 32.7 Å². The molecule has 2 saturated heterocycles. The largest absolute Gasteiger partial charge is 0.494 e. The number of aromatic nitrogens is 2. The summed E-state index contributed by atoms with van der Waals surface area (Å²) in [4.78, 5) is 25.1. The van der Waals surface area contributed by atoms with E-state index in [9.17, 15) is 23.4 Å². The molecule has 14 heteroatoms. The molecule has 2 aliphatic heterocycles. The number of fused-ring (bicyclic) bond motifs is 2. The smallest absolute Gasteiger partial charge is 0.407 e. The zero-order valence-corrected chi connectivity index (χ0v) is 30.5. The van der Waals surface area contributed by atoms with Crippen molar-refractivity contribution in [1.82, 2.24) is 19.6 Å². The zero-order valence-electron chi connectivity index (χ0n) is 29.6. The molecule has 13 nitrogen and oxygen atoms in total. The number of aliphatic hydroxyl groups excluding tert-OH is 1. The van der Waals surface area contributed by atoms with Crippen molar-refractivity contribution in [3.8, 4) is 5.88 Å². The number of nitrogens with one attached hydrogen (secondary N) is 2. The number of ether oxygens (including phenoxy) is 3. The van der Waals surface area contributed by atoms with Gasteiger partial charge in [0.25, 0.3) is 0 Å². The third-order valence-corrected chi connectivity index (χ3v) is 11.3. The normalized spacial score (nSPS) is 20.3. The van der Waals surface area contributed by atoms with Crippen molar-refractivity contribution in [3.05, 3.63) is 89.7 Å². The number of nitrogens with zero attached hydrogens (tertiary/aromatic N) is 3. The van der Waals surface area contributed by atoms with Crippen LogP contribution in [-0.4, -0.2) is 102 Å². The van der Waals surface area contributed by atoms with Crippen LogP contribution in [0.3, 0.4) is 0 Å². The minimum atomic E-state index is -4.18. The number of aromatic hydroxyl groups is 1. The number of carbonyl (C=O) groups is 1. The van der Waals surface area contributed by atoms with Crippen molar-refractivity contribution in [2.45, 2.75) is 69.5 Å². The minimum absolute atomic E-state index is 0.00376. The number of alkyl carbamates (subject to hydrolysis) is 1. The van der Waals surface area contributed by atoms with Gasteiger partial charge < -0.3 is 34.7 Å². The SMILES string of the molecule is CC(=NCCc1ccccn1)c1c(O)[nH]c2ccc(S(=O)(=O)N(CC(C)C)C[C@@H](O)[C@H](Cc3ccccc3)NC(=O)O[C@H]3COC4OCCC43)cc12. The molecule has 2 aromatic carbocycles. The van der Waals surface area contributed by atoms with E-state index in [0.717, 1.165) is 11.3 Å². The molecule has 6 rings (SSSR count). The molecule has 0 spiro atoms. The number of pyridine rings is 1. The Morgan fingerprint density at radius 1 is 1.12 bits per heavy atom. The van der Waals surface area contributed by atoms with Crippen molar-refractivity contribution in [2.24, 2.45) is 16.8 Å². The standard InChI is InChI=1S/C38H47N5O8S/c1-24(2)21-43(22-33(44)32(19-26-9-5-4-6-10-26)42-38(46)51-34-23-50-37-29(34)15-18-49-37)52(47,48)28-12-13-31-30(20-28)35(36(45)41-31)25(3)39-17-14-27-11-7-8-16-40-27/h4-13,16,20,24,29,32-34,37,41,44-45H,14-15,17-19,21-23H2,1-3H3,(H,42,46)/t29?,32-,33+,34-,37?/m0/s1. The number of aliphatic hydroxyl groups is 1. The number of rotatable bonds is 15. The average Bonchev–Trinajstić information content (AvgIpc) is 3.83. The third kappa shape index (κ3) is 8.81. The van der Waals surface area contributed by atoms with Crippen LogP contribution in [0.5, 0.6) is 5.88 Å². The third-order valence-electron chi connectivity index (χ3n) is 9.46. The predicted octanol–water partition coefficient (Wildman–Crippen LogP) is 4.43. The lowest BCUT2D eigenvalue weighted by Gasteiger charge is -2.31. The highest BCUT2D eigenvalue weighted by Gasteiger charge is 2.44. The summed E-state index contributed by atoms with van der Waals surface area (Å²) in [5, 5.41) is 25.9. The van der Waals surface area contributed by atoms with Gasteiger partial charge in [0, 0.05) is 54.6 Å². The van der Waals surface area contributed by atoms with E-state index in [1.165, 1.54) is 16.4 Å². The Morgan fingerprint density at radius 2 is 1.90 bits per heavy atom. The second-order valence-electron chi connectivity index (χ2n) is 13.8. The van der Waals surface area contributed by atoms with Crippen molar-refractivity contribution in [3.63, 3.8) is 0 Å². The van der Waals surface area contributed by atoms with Gasteiger partial charge in [-0.1, -0.05) is 50.2 Å². The Balaban J connectivity index is 1.23. The number of carbonyl (C=O) groups excluding carboxylic acids is 1. The number of hydrogen-bond acceptors (Lipinski definition) is 10. The highest BCUT2D eigenvalue weighted by Crippen LogP contribution is 2.33. The molecule has 2 aromatic heterocycles. The molecule has 2 unspecified atom stereocenters. The first-order valence-corrected chi connectivity index (χ1v) is 19.1. The lowest BCUT2D eigenvalue weighted by Crippen LogP contribution is -2.51. The summed E-state index contributed by atoms with van der Waals surface area (Å²) in [6.45, 7) is 6.57. The van der Waals surface area contributed by atoms with Crippen LogP contribution in [0.1, 0.15) is 44.0 Å². The van der Waals surface area contributed by atoms with Crippen molar-refractivity contribution in [2.75, 3.05) is 32.8 Å². The summed E-state index contributed by atoms with van der Waals surface area (Å²) in [7, 11) is -4.18. The molecule has 0 radical (unpaired) electrons. The lowest BCUT2D eigenvalue weighted by molar-refractivity contribution is -0.0907. The van der Waals surface area contributed by atoms with Gasteiger partial charge in [0.05, 0.1) is 41.7 Å². The van der Waals surface area contributed by atoms with Crippen LogP contribution in [0, 0.1) is 11.8 Å². The van der Waals surface area contributed by atoms with Crippen LogP contribution < -0.4 is 5.32 Å². The number of sulfonamides is 1. The molecule has 0 saturated carbocycles. The van der Waals surface area contributed by atoms with Crippen LogP contribution >= 0.6 is 0 Å². The Kier molecular flexibility index (Phi) is 11.9. The van der Waals surface area contributed by atoms with Gasteiger partial charge in [-0.2, -0.15) is 4.31 Å². The maximum Gasteiger partial charge on any atom is 0.407 e. The van der Waals surface area contributed by atoms with Crippen LogP contribution in [0.25, 0.3) is 10.9 Å². The van der Waals surface area contributed by atoms with E-state index in [-0.39, 0.29) is 48.7 Å². The molecule has 1 amide bonds. The first-order chi connectivity index (χ1) is 25.0. The molecule has 0 bridgehead atoms. The fraction of sp³-hybridized carbons (Fsp3) is 0.447. The molecule has 5 atom stereocenters. The monoisotopic (exact) mass is 733 g/mol. The highest BCUT2D eigenvalue weighted by molar-refractivity contribution is 7.89. The maximum absolute atomic E-state index is 14.4. The molecule has 0 aliphatic carbocycles. The van der Waals surface area contributed by atoms with E-state index < -0.39 is 40.7 Å². The summed E-state index contributed by atoms with van der Waals surface area (Å²) < 4.78 is 46.9. The number of amides is 1. The van der Waals surface area contributed by atoms with Crippen molar-refractivity contribution in [1.29, 1.82) is 0 Å². The molecule has 52 heavy (non-hydrogen) atoms. The van der Waals surface area contributed by atoms with Gasteiger partial charge in [0.15, 0.2) is 12.2 Å². The van der Waals surface area contributed by atoms with Crippen LogP contribution in [0.15, 0.2) is 82.8 Å². The topological polar surface area (TPSA) is 176 Å². The second kappa shape index (κ2) is 16.6. The fourth-order valence-electron chi connectivity index (χ4n) is 6.83. The fourth-order valence-corrected chi connectivity index (χ4v) is 8.48. The summed E-state index contributed by atoms with van der Waals surface area (Å²) in [6, 6.07) is 18.8. The molecule has 4 heterocycles. The molecule has 4 aromatic rings. The summed E-state index contributed by atoms with van der Waals surface area (Å²) in [5.41, 5.74) is 3.25. The quantitative estimate of drug-likeness (QED) is 0.129. The van der Waals surface area contributed by atoms with Gasteiger partial charge in [-0.05, 0) is 61.6 Å². The van der Waals surface area contributed by atoms with E-state index >= 15 is 0 Å². The first-order valence-electron chi connectivity index (χ1n) is 17.7. The zero-order chi connectivity index (χ0) is 36.8. The second-order valence-corrected chi connectivity index (χ2v) is 15.7. The Bertz CT molecular complexity index is 1950. The van der Waals surface area contributed by atoms with Gasteiger partial charge in [-0.15, -0.1) is 0 Å². The molecule has 2 aliphatic rings. The first kappa shape index (κ1) is 37.4. The molecule has 278 valence electrons. The highest BCUT2D eigenvalue weighted by atomic mass is 32.2. The number of hydrogen-bond donors (Lipinski definition) is 4. The van der Waals surface area contributed by atoms with E-state index in [2.05, 4.69) is 20.3 Å². The van der Waals surface area contributed by atoms with Gasteiger partial charge in [-0.25, -0.2) is 13.2 Å². The number of H-pyrrole nitrogens is 1. The van der Waals surface area contributed by atoms with Crippen LogP contribution in [0.4, 0.5) is 4.79 Å². The summed E-state index contributed by atoms with van der Waals surface area (Å²) in [5.74, 6) is -0.253. The molecular formula is C38H47N5O8S. The number of aromatic amines is 1. The van der Waals surface area contributed by atoms with E-state index in [0.29, 0.717) is 48.2 Å². The number of aliphatic imine (C=N–C) groups is 1. The van der Waals surface area contributed by atoms with Crippen molar-refractivity contribution < 1.29 is 37.6 Å². The average molecular weight is 734 g/mol. The van der Waals surface area contributed by atoms with Crippen LogP contribution in [-0.2, 0) is 37.1 Å². The molecular weight excluding hydrogens is 687 g/mol. The van der Waals surface area contributed by atoms with Gasteiger partial charge >= 0.3 is 6.09 Å². The van der Waals surface area contributed by atoms with E-state index in [1.807, 2.05) is 62.4 Å². The Labute approximate surface area is 304 Å². The van der Waals surface area contributed by atoms with Gasteiger partial charge in [0.2, 0.25) is 10.0 Å².